The second-order valence-electron chi connectivity index (χ2n) is 8.18. The summed E-state index contributed by atoms with van der Waals surface area (Å²) in [6.45, 7) is 0. The van der Waals surface area contributed by atoms with Gasteiger partial charge in [0.1, 0.15) is 5.75 Å². The van der Waals surface area contributed by atoms with E-state index in [9.17, 15) is 5.11 Å². The Kier molecular flexibility index (Phi) is 3.64. The number of phenols is 1. The van der Waals surface area contributed by atoms with Crippen molar-refractivity contribution in [3.05, 3.63) is 102 Å². The summed E-state index contributed by atoms with van der Waals surface area (Å²) in [6, 6.07) is 30.1. The van der Waals surface area contributed by atoms with Gasteiger partial charge in [-0.1, -0.05) is 78.9 Å². The maximum atomic E-state index is 10.6. The molecule has 0 fully saturated rings. The van der Waals surface area contributed by atoms with Crippen molar-refractivity contribution in [2.75, 3.05) is 0 Å². The largest absolute Gasteiger partial charge is 0.507 e. The zero-order valence-corrected chi connectivity index (χ0v) is 16.2. The number of aryl methyl sites for hydroxylation is 1. The summed E-state index contributed by atoms with van der Waals surface area (Å²) >= 11 is 0. The minimum Gasteiger partial charge on any atom is -0.507 e. The Hall–Kier alpha value is -3.32. The van der Waals surface area contributed by atoms with E-state index >= 15 is 0 Å². The number of rotatable bonds is 1. The molecule has 6 rings (SSSR count). The summed E-state index contributed by atoms with van der Waals surface area (Å²) in [4.78, 5) is 0. The highest BCUT2D eigenvalue weighted by Crippen LogP contribution is 2.44. The second-order valence-corrected chi connectivity index (χ2v) is 8.18. The Morgan fingerprint density at radius 3 is 2.34 bits per heavy atom. The highest BCUT2D eigenvalue weighted by atomic mass is 16.3. The molecule has 1 unspecified atom stereocenters. The van der Waals surface area contributed by atoms with Crippen LogP contribution in [0.2, 0.25) is 0 Å². The molecule has 0 radical (unpaired) electrons. The number of hydrogen-bond donors (Lipinski definition) is 1. The lowest BCUT2D eigenvalue weighted by atomic mass is 9.76. The molecule has 0 saturated heterocycles. The fourth-order valence-electron chi connectivity index (χ4n) is 5.37. The lowest BCUT2D eigenvalue weighted by molar-refractivity contribution is 0.480. The van der Waals surface area contributed by atoms with Crippen molar-refractivity contribution in [1.82, 2.24) is 0 Å². The van der Waals surface area contributed by atoms with Crippen LogP contribution >= 0.6 is 0 Å². The van der Waals surface area contributed by atoms with Crippen LogP contribution in [0.1, 0.15) is 35.4 Å². The van der Waals surface area contributed by atoms with Gasteiger partial charge in [0.25, 0.3) is 0 Å². The topological polar surface area (TPSA) is 20.2 Å². The van der Waals surface area contributed by atoms with E-state index in [-0.39, 0.29) is 0 Å². The lowest BCUT2D eigenvalue weighted by Gasteiger charge is -2.28. The Morgan fingerprint density at radius 1 is 0.621 bits per heavy atom. The summed E-state index contributed by atoms with van der Waals surface area (Å²) in [5, 5.41) is 18.1. The van der Waals surface area contributed by atoms with Crippen LogP contribution in [0.3, 0.4) is 0 Å². The molecule has 0 aromatic heterocycles. The lowest BCUT2D eigenvalue weighted by Crippen LogP contribution is -2.12. The minimum atomic E-state index is 0.326. The molecule has 5 aromatic rings. The third kappa shape index (κ3) is 2.47. The molecule has 29 heavy (non-hydrogen) atoms. The quantitative estimate of drug-likeness (QED) is 0.305. The van der Waals surface area contributed by atoms with Crippen molar-refractivity contribution in [2.45, 2.75) is 25.2 Å². The highest BCUT2D eigenvalue weighted by Gasteiger charge is 2.25. The average Bonchev–Trinajstić information content (AvgIpc) is 2.78. The minimum absolute atomic E-state index is 0.326. The van der Waals surface area contributed by atoms with E-state index in [1.807, 2.05) is 12.1 Å². The van der Waals surface area contributed by atoms with E-state index < -0.39 is 0 Å². The molecule has 1 atom stereocenters. The number of phenolic OH excluding ortho intramolecular Hbond substituents is 1. The van der Waals surface area contributed by atoms with Crippen LogP contribution in [0, 0.1) is 0 Å². The third-order valence-electron chi connectivity index (χ3n) is 6.66. The number of fused-ring (bicyclic) bond motifs is 6. The number of hydrogen-bond acceptors (Lipinski definition) is 1. The van der Waals surface area contributed by atoms with Crippen molar-refractivity contribution in [2.24, 2.45) is 0 Å². The van der Waals surface area contributed by atoms with Crippen molar-refractivity contribution < 1.29 is 5.11 Å². The summed E-state index contributed by atoms with van der Waals surface area (Å²) in [5.74, 6) is 0.712. The molecule has 1 heteroatoms. The third-order valence-corrected chi connectivity index (χ3v) is 6.66. The molecular formula is C28H22O. The molecule has 1 nitrogen and oxygen atoms in total. The van der Waals surface area contributed by atoms with Crippen LogP contribution in [-0.4, -0.2) is 5.11 Å². The monoisotopic (exact) mass is 374 g/mol. The summed E-state index contributed by atoms with van der Waals surface area (Å²) in [7, 11) is 0. The molecular weight excluding hydrogens is 352 g/mol. The summed E-state index contributed by atoms with van der Waals surface area (Å²) in [5.41, 5.74) is 4.16. The zero-order valence-electron chi connectivity index (χ0n) is 16.2. The fraction of sp³-hybridized carbons (Fsp3) is 0.143. The van der Waals surface area contributed by atoms with Crippen LogP contribution in [0.4, 0.5) is 0 Å². The molecule has 1 aliphatic carbocycles. The summed E-state index contributed by atoms with van der Waals surface area (Å²) in [6.07, 6.45) is 3.42. The molecule has 0 amide bonds. The summed E-state index contributed by atoms with van der Waals surface area (Å²) < 4.78 is 0. The van der Waals surface area contributed by atoms with Crippen LogP contribution in [0.5, 0.6) is 5.75 Å². The Balaban J connectivity index is 1.62. The van der Waals surface area contributed by atoms with Gasteiger partial charge in [-0.3, -0.25) is 0 Å². The van der Waals surface area contributed by atoms with Crippen molar-refractivity contribution >= 4 is 32.3 Å². The van der Waals surface area contributed by atoms with E-state index in [0.29, 0.717) is 11.7 Å². The van der Waals surface area contributed by atoms with Crippen molar-refractivity contribution in [1.29, 1.82) is 0 Å². The maximum Gasteiger partial charge on any atom is 0.123 e. The maximum absolute atomic E-state index is 10.6. The van der Waals surface area contributed by atoms with E-state index in [0.717, 1.165) is 23.6 Å². The first-order valence-corrected chi connectivity index (χ1v) is 10.4. The molecule has 5 aromatic carbocycles. The average molecular weight is 374 g/mol. The van der Waals surface area contributed by atoms with E-state index in [1.54, 1.807) is 0 Å². The number of aromatic hydroxyl groups is 1. The smallest absolute Gasteiger partial charge is 0.123 e. The van der Waals surface area contributed by atoms with Gasteiger partial charge in [0.15, 0.2) is 0 Å². The normalized spacial score (nSPS) is 16.3. The molecule has 1 N–H and O–H groups in total. The van der Waals surface area contributed by atoms with Gasteiger partial charge in [-0.2, -0.15) is 0 Å². The number of benzene rings is 5. The van der Waals surface area contributed by atoms with Gasteiger partial charge in [-0.05, 0) is 69.0 Å². The molecule has 1 aliphatic rings. The second kappa shape index (κ2) is 6.35. The fourth-order valence-corrected chi connectivity index (χ4v) is 5.37. The molecule has 0 spiro atoms. The first-order chi connectivity index (χ1) is 14.3. The van der Waals surface area contributed by atoms with Crippen LogP contribution in [0.15, 0.2) is 84.9 Å². The molecule has 0 bridgehead atoms. The van der Waals surface area contributed by atoms with Gasteiger partial charge >= 0.3 is 0 Å². The highest BCUT2D eigenvalue weighted by molar-refractivity contribution is 6.09. The van der Waals surface area contributed by atoms with E-state index in [2.05, 4.69) is 72.8 Å². The predicted molar refractivity (Wildman–Crippen MR) is 122 cm³/mol. The molecule has 0 heterocycles. The Bertz CT molecular complexity index is 1390. The van der Waals surface area contributed by atoms with Crippen LogP contribution < -0.4 is 0 Å². The first-order valence-electron chi connectivity index (χ1n) is 10.4. The van der Waals surface area contributed by atoms with Gasteiger partial charge in [0.2, 0.25) is 0 Å². The van der Waals surface area contributed by atoms with E-state index in [4.69, 9.17) is 0 Å². The van der Waals surface area contributed by atoms with Gasteiger partial charge in [0, 0.05) is 11.3 Å². The van der Waals surface area contributed by atoms with Crippen molar-refractivity contribution in [3.8, 4) is 5.75 Å². The van der Waals surface area contributed by atoms with Gasteiger partial charge in [-0.15, -0.1) is 0 Å². The molecule has 140 valence electrons. The van der Waals surface area contributed by atoms with Crippen LogP contribution in [0.25, 0.3) is 32.3 Å². The van der Waals surface area contributed by atoms with Gasteiger partial charge in [-0.25, -0.2) is 0 Å². The van der Waals surface area contributed by atoms with Crippen molar-refractivity contribution in [3.63, 3.8) is 0 Å². The van der Waals surface area contributed by atoms with E-state index in [1.165, 1.54) is 44.7 Å². The van der Waals surface area contributed by atoms with Gasteiger partial charge in [0.05, 0.1) is 0 Å². The van der Waals surface area contributed by atoms with Crippen LogP contribution in [-0.2, 0) is 6.42 Å². The Morgan fingerprint density at radius 2 is 1.41 bits per heavy atom. The standard InChI is InChI=1S/C28H22O/c29-27-13-4-8-19-7-3-12-26(28(19)27)22-11-5-10-21-24-15-14-18-6-1-2-9-20(18)23(24)16-17-25(21)22/h1-4,6-9,12-17,22,29H,5,10-11H2. The first kappa shape index (κ1) is 16.6. The SMILES string of the molecule is Oc1cccc2cccc(C3CCCc4c3ccc3c4ccc4ccccc43)c12. The molecule has 0 saturated carbocycles. The zero-order chi connectivity index (χ0) is 19.4. The molecule has 0 aliphatic heterocycles. The predicted octanol–water partition coefficient (Wildman–Crippen LogP) is 7.32. The Labute approximate surface area is 170 Å². The van der Waals surface area contributed by atoms with Gasteiger partial charge < -0.3 is 5.11 Å².